The summed E-state index contributed by atoms with van der Waals surface area (Å²) in [4.78, 5) is 12.6. The van der Waals surface area contributed by atoms with Crippen molar-refractivity contribution in [3.05, 3.63) is 88.4 Å². The lowest BCUT2D eigenvalue weighted by molar-refractivity contribution is -0.118. The molecule has 0 radical (unpaired) electrons. The van der Waals surface area contributed by atoms with Crippen LogP contribution < -0.4 is 10.1 Å². The molecule has 0 aromatic heterocycles. The maximum absolute atomic E-state index is 13.0. The number of anilines is 1. The fraction of sp³-hybridized carbons (Fsp3) is 0.208. The third-order valence-corrected chi connectivity index (χ3v) is 7.49. The van der Waals surface area contributed by atoms with Gasteiger partial charge >= 0.3 is 0 Å². The highest BCUT2D eigenvalue weighted by atomic mass is 35.5. The molecule has 1 aliphatic rings. The number of hydrogen-bond acceptors (Lipinski definition) is 4. The molecule has 3 aromatic rings. The van der Waals surface area contributed by atoms with Crippen LogP contribution in [0.1, 0.15) is 16.7 Å². The van der Waals surface area contributed by atoms with E-state index >= 15 is 0 Å². The smallest absolute Gasteiger partial charge is 0.262 e. The second-order valence-electron chi connectivity index (χ2n) is 7.65. The third kappa shape index (κ3) is 4.96. The van der Waals surface area contributed by atoms with Crippen LogP contribution in [0.25, 0.3) is 0 Å². The maximum atomic E-state index is 13.0. The maximum Gasteiger partial charge on any atom is 0.262 e. The van der Waals surface area contributed by atoms with Gasteiger partial charge in [0.1, 0.15) is 5.75 Å². The summed E-state index contributed by atoms with van der Waals surface area (Å²) in [6.45, 7) is 2.41. The van der Waals surface area contributed by atoms with E-state index in [4.69, 9.17) is 16.3 Å². The Morgan fingerprint density at radius 1 is 1.06 bits per heavy atom. The number of rotatable bonds is 6. The fourth-order valence-corrected chi connectivity index (χ4v) is 5.18. The highest BCUT2D eigenvalue weighted by Crippen LogP contribution is 2.27. The van der Waals surface area contributed by atoms with E-state index in [0.717, 1.165) is 16.7 Å². The van der Waals surface area contributed by atoms with Crippen molar-refractivity contribution in [3.8, 4) is 5.75 Å². The zero-order valence-corrected chi connectivity index (χ0v) is 19.1. The van der Waals surface area contributed by atoms with Crippen molar-refractivity contribution in [1.29, 1.82) is 0 Å². The first-order chi connectivity index (χ1) is 15.3. The van der Waals surface area contributed by atoms with Crippen molar-refractivity contribution in [3.63, 3.8) is 0 Å². The summed E-state index contributed by atoms with van der Waals surface area (Å²) in [5.41, 5.74) is 3.54. The summed E-state index contributed by atoms with van der Waals surface area (Å²) < 4.78 is 33.0. The molecule has 1 aliphatic heterocycles. The second kappa shape index (κ2) is 9.32. The molecule has 1 N–H and O–H groups in total. The van der Waals surface area contributed by atoms with Crippen LogP contribution in [0.15, 0.2) is 71.6 Å². The van der Waals surface area contributed by atoms with Gasteiger partial charge in [-0.05, 0) is 60.9 Å². The summed E-state index contributed by atoms with van der Waals surface area (Å²) in [7, 11) is -3.59. The van der Waals surface area contributed by atoms with Gasteiger partial charge < -0.3 is 10.1 Å². The Morgan fingerprint density at radius 3 is 2.56 bits per heavy atom. The predicted molar refractivity (Wildman–Crippen MR) is 124 cm³/mol. The lowest BCUT2D eigenvalue weighted by atomic mass is 10.0. The summed E-state index contributed by atoms with van der Waals surface area (Å²) in [5, 5.41) is 3.23. The average molecular weight is 471 g/mol. The summed E-state index contributed by atoms with van der Waals surface area (Å²) >= 11 is 6.04. The number of para-hydroxylation sites is 1. The van der Waals surface area contributed by atoms with E-state index in [2.05, 4.69) is 5.32 Å². The van der Waals surface area contributed by atoms with Crippen molar-refractivity contribution in [1.82, 2.24) is 4.31 Å². The minimum Gasteiger partial charge on any atom is -0.482 e. The molecular weight excluding hydrogens is 448 g/mol. The highest BCUT2D eigenvalue weighted by molar-refractivity contribution is 7.89. The largest absolute Gasteiger partial charge is 0.482 e. The monoisotopic (exact) mass is 470 g/mol. The molecule has 166 valence electrons. The number of nitrogens with zero attached hydrogens (tertiary/aromatic N) is 1. The second-order valence-corrected chi connectivity index (χ2v) is 10.00. The first-order valence-corrected chi connectivity index (χ1v) is 12.0. The van der Waals surface area contributed by atoms with E-state index in [-0.39, 0.29) is 24.0 Å². The molecule has 0 unspecified atom stereocenters. The summed E-state index contributed by atoms with van der Waals surface area (Å²) in [5.74, 6) is 0.108. The molecule has 0 saturated heterocycles. The first-order valence-electron chi connectivity index (χ1n) is 10.2. The normalized spacial score (nSPS) is 13.9. The van der Waals surface area contributed by atoms with Crippen molar-refractivity contribution in [2.75, 3.05) is 18.5 Å². The standard InChI is InChI=1S/C24H23ClN2O4S/c1-17-6-10-21(11-7-17)32(29,30)27-13-12-18-8-9-20(14-19(18)15-27)26-24(28)16-31-23-5-3-2-4-22(23)25/h2-11,14H,12-13,15-16H2,1H3,(H,26,28). The number of amides is 1. The summed E-state index contributed by atoms with van der Waals surface area (Å²) in [6.07, 6.45) is 0.615. The van der Waals surface area contributed by atoms with E-state index in [1.165, 1.54) is 4.31 Å². The minimum absolute atomic E-state index is 0.186. The third-order valence-electron chi connectivity index (χ3n) is 5.32. The predicted octanol–water partition coefficient (Wildman–Crippen LogP) is 4.41. The number of aryl methyl sites for hydroxylation is 1. The number of carbonyl (C=O) groups excluding carboxylic acids is 1. The molecule has 0 aliphatic carbocycles. The fourth-order valence-electron chi connectivity index (χ4n) is 3.58. The lowest BCUT2D eigenvalue weighted by Gasteiger charge is -2.28. The van der Waals surface area contributed by atoms with Gasteiger partial charge in [0, 0.05) is 18.8 Å². The Morgan fingerprint density at radius 2 is 1.81 bits per heavy atom. The van der Waals surface area contributed by atoms with Crippen molar-refractivity contribution in [2.45, 2.75) is 24.8 Å². The van der Waals surface area contributed by atoms with Gasteiger partial charge in [0.15, 0.2) is 6.61 Å². The van der Waals surface area contributed by atoms with Gasteiger partial charge in [0.05, 0.1) is 9.92 Å². The van der Waals surface area contributed by atoms with E-state index in [1.807, 2.05) is 25.1 Å². The van der Waals surface area contributed by atoms with Crippen LogP contribution in [0.3, 0.4) is 0 Å². The number of sulfonamides is 1. The van der Waals surface area contributed by atoms with E-state index in [0.29, 0.717) is 29.4 Å². The Kier molecular flexibility index (Phi) is 6.50. The van der Waals surface area contributed by atoms with Gasteiger partial charge in [0.2, 0.25) is 10.0 Å². The summed E-state index contributed by atoms with van der Waals surface area (Å²) in [6, 6.07) is 19.4. The molecule has 8 heteroatoms. The SMILES string of the molecule is Cc1ccc(S(=O)(=O)N2CCc3ccc(NC(=O)COc4ccccc4Cl)cc3C2)cc1. The van der Waals surface area contributed by atoms with Crippen LogP contribution in [-0.4, -0.2) is 31.8 Å². The number of benzene rings is 3. The average Bonchev–Trinajstić information content (AvgIpc) is 2.78. The molecule has 3 aromatic carbocycles. The van der Waals surface area contributed by atoms with Crippen LogP contribution in [0.5, 0.6) is 5.75 Å². The van der Waals surface area contributed by atoms with Crippen LogP contribution >= 0.6 is 11.6 Å². The quantitative estimate of drug-likeness (QED) is 0.579. The van der Waals surface area contributed by atoms with E-state index < -0.39 is 10.0 Å². The number of ether oxygens (including phenoxy) is 1. The Hall–Kier alpha value is -2.87. The molecule has 6 nitrogen and oxygen atoms in total. The molecule has 32 heavy (non-hydrogen) atoms. The Bertz CT molecular complexity index is 1240. The number of carbonyl (C=O) groups is 1. The van der Waals surface area contributed by atoms with Crippen LogP contribution in [0.2, 0.25) is 5.02 Å². The van der Waals surface area contributed by atoms with Crippen molar-refractivity contribution >= 4 is 33.2 Å². The Labute approximate surface area is 192 Å². The molecule has 1 heterocycles. The zero-order valence-electron chi connectivity index (χ0n) is 17.5. The topological polar surface area (TPSA) is 75.7 Å². The van der Waals surface area contributed by atoms with Gasteiger partial charge in [-0.15, -0.1) is 0 Å². The van der Waals surface area contributed by atoms with Gasteiger partial charge in [-0.25, -0.2) is 8.42 Å². The Balaban J connectivity index is 1.44. The van der Waals surface area contributed by atoms with Crippen molar-refractivity contribution in [2.24, 2.45) is 0 Å². The van der Waals surface area contributed by atoms with Gasteiger partial charge in [-0.3, -0.25) is 4.79 Å². The lowest BCUT2D eigenvalue weighted by Crippen LogP contribution is -2.36. The highest BCUT2D eigenvalue weighted by Gasteiger charge is 2.28. The molecule has 0 saturated carbocycles. The van der Waals surface area contributed by atoms with Gasteiger partial charge in [-0.1, -0.05) is 47.5 Å². The van der Waals surface area contributed by atoms with Crippen molar-refractivity contribution < 1.29 is 17.9 Å². The molecule has 0 atom stereocenters. The van der Waals surface area contributed by atoms with Crippen LogP contribution in [0.4, 0.5) is 5.69 Å². The minimum atomic E-state index is -3.59. The van der Waals surface area contributed by atoms with Gasteiger partial charge in [-0.2, -0.15) is 4.31 Å². The number of fused-ring (bicyclic) bond motifs is 1. The molecule has 4 rings (SSSR count). The number of halogens is 1. The molecule has 0 bridgehead atoms. The van der Waals surface area contributed by atoms with Crippen LogP contribution in [-0.2, 0) is 27.8 Å². The zero-order chi connectivity index (χ0) is 22.7. The van der Waals surface area contributed by atoms with E-state index in [9.17, 15) is 13.2 Å². The van der Waals surface area contributed by atoms with E-state index in [1.54, 1.807) is 48.5 Å². The number of nitrogens with one attached hydrogen (secondary N) is 1. The first kappa shape index (κ1) is 22.3. The molecule has 0 fully saturated rings. The molecular formula is C24H23ClN2O4S. The molecule has 1 amide bonds. The molecule has 0 spiro atoms. The number of hydrogen-bond donors (Lipinski definition) is 1. The van der Waals surface area contributed by atoms with Crippen LogP contribution in [0, 0.1) is 6.92 Å². The van der Waals surface area contributed by atoms with Gasteiger partial charge in [0.25, 0.3) is 5.91 Å².